The molecule has 0 saturated heterocycles. The van der Waals surface area contributed by atoms with Crippen molar-refractivity contribution < 1.29 is 0 Å². The van der Waals surface area contributed by atoms with E-state index >= 15 is 0 Å². The number of thioether (sulfide) groups is 1. The highest BCUT2D eigenvalue weighted by Gasteiger charge is 2.13. The van der Waals surface area contributed by atoms with Crippen molar-refractivity contribution in [1.29, 1.82) is 0 Å². The lowest BCUT2D eigenvalue weighted by molar-refractivity contribution is 0.803. The van der Waals surface area contributed by atoms with Crippen molar-refractivity contribution in [2.75, 3.05) is 0 Å². The highest BCUT2D eigenvalue weighted by atomic mass is 32.2. The summed E-state index contributed by atoms with van der Waals surface area (Å²) in [6.45, 7) is 6.69. The highest BCUT2D eigenvalue weighted by molar-refractivity contribution is 8.00. The molecule has 0 unspecified atom stereocenters. The van der Waals surface area contributed by atoms with Gasteiger partial charge in [-0.25, -0.2) is 4.98 Å². The second-order valence-corrected chi connectivity index (χ2v) is 9.70. The lowest BCUT2D eigenvalue weighted by Gasteiger charge is -2.17. The SMILES string of the molecule is CC(C)(C)Sc1ccc(-c2cc(-c3ccccn3)nc(-c3ccccn3)c2)cc1. The lowest BCUT2D eigenvalue weighted by Crippen LogP contribution is -2.06. The van der Waals surface area contributed by atoms with E-state index in [0.717, 1.165) is 33.9 Å². The van der Waals surface area contributed by atoms with Crippen molar-refractivity contribution in [3.63, 3.8) is 0 Å². The summed E-state index contributed by atoms with van der Waals surface area (Å²) in [4.78, 5) is 15.1. The van der Waals surface area contributed by atoms with E-state index in [9.17, 15) is 0 Å². The van der Waals surface area contributed by atoms with Crippen molar-refractivity contribution in [3.05, 3.63) is 85.2 Å². The van der Waals surface area contributed by atoms with E-state index in [-0.39, 0.29) is 4.75 Å². The van der Waals surface area contributed by atoms with E-state index in [0.29, 0.717) is 0 Å². The molecule has 0 aliphatic rings. The summed E-state index contributed by atoms with van der Waals surface area (Å²) < 4.78 is 0.191. The maximum atomic E-state index is 4.84. The molecule has 4 aromatic rings. The second kappa shape index (κ2) is 8.18. The van der Waals surface area contributed by atoms with Crippen LogP contribution in [0.1, 0.15) is 20.8 Å². The molecular formula is C25H23N3S. The molecule has 4 heteroatoms. The molecule has 4 rings (SSSR count). The molecule has 144 valence electrons. The topological polar surface area (TPSA) is 38.7 Å². The quantitative estimate of drug-likeness (QED) is 0.356. The summed E-state index contributed by atoms with van der Waals surface area (Å²) in [7, 11) is 0. The van der Waals surface area contributed by atoms with Crippen molar-refractivity contribution >= 4 is 11.8 Å². The van der Waals surface area contributed by atoms with Gasteiger partial charge in [0.15, 0.2) is 0 Å². The van der Waals surface area contributed by atoms with Gasteiger partial charge in [-0.3, -0.25) is 9.97 Å². The third kappa shape index (κ3) is 4.90. The van der Waals surface area contributed by atoms with Crippen LogP contribution >= 0.6 is 11.8 Å². The second-order valence-electron chi connectivity index (χ2n) is 7.80. The van der Waals surface area contributed by atoms with Crippen LogP contribution in [0, 0.1) is 0 Å². The summed E-state index contributed by atoms with van der Waals surface area (Å²) in [5.74, 6) is 0. The Bertz CT molecular complexity index is 1030. The first kappa shape index (κ1) is 19.3. The van der Waals surface area contributed by atoms with Gasteiger partial charge in [0.05, 0.1) is 22.8 Å². The summed E-state index contributed by atoms with van der Waals surface area (Å²) in [5.41, 5.74) is 5.65. The maximum absolute atomic E-state index is 4.84. The van der Waals surface area contributed by atoms with Crippen molar-refractivity contribution in [2.45, 2.75) is 30.4 Å². The van der Waals surface area contributed by atoms with Crippen LogP contribution in [-0.2, 0) is 0 Å². The van der Waals surface area contributed by atoms with Gasteiger partial charge in [0, 0.05) is 22.0 Å². The number of aromatic nitrogens is 3. The molecule has 3 aromatic heterocycles. The normalized spacial score (nSPS) is 11.4. The molecule has 1 aromatic carbocycles. The van der Waals surface area contributed by atoms with Crippen LogP contribution < -0.4 is 0 Å². The van der Waals surface area contributed by atoms with Gasteiger partial charge in [0.2, 0.25) is 0 Å². The van der Waals surface area contributed by atoms with E-state index in [1.54, 1.807) is 12.4 Å². The Morgan fingerprint density at radius 3 is 1.62 bits per heavy atom. The van der Waals surface area contributed by atoms with Crippen LogP contribution in [0.15, 0.2) is 90.1 Å². The Kier molecular flexibility index (Phi) is 5.45. The highest BCUT2D eigenvalue weighted by Crippen LogP contribution is 2.34. The molecule has 0 radical (unpaired) electrons. The summed E-state index contributed by atoms with van der Waals surface area (Å²) in [6.07, 6.45) is 3.59. The van der Waals surface area contributed by atoms with Crippen molar-refractivity contribution in [2.24, 2.45) is 0 Å². The van der Waals surface area contributed by atoms with Gasteiger partial charge in [0.25, 0.3) is 0 Å². The van der Waals surface area contributed by atoms with Gasteiger partial charge >= 0.3 is 0 Å². The van der Waals surface area contributed by atoms with E-state index in [1.807, 2.05) is 48.2 Å². The molecule has 0 amide bonds. The molecule has 0 bridgehead atoms. The molecular weight excluding hydrogens is 374 g/mol. The molecule has 0 N–H and O–H groups in total. The molecule has 0 aliphatic carbocycles. The van der Waals surface area contributed by atoms with Crippen molar-refractivity contribution in [1.82, 2.24) is 15.0 Å². The smallest absolute Gasteiger partial charge is 0.0900 e. The molecule has 0 saturated carbocycles. The Hall–Kier alpha value is -2.98. The lowest BCUT2D eigenvalue weighted by atomic mass is 10.0. The first-order valence-corrected chi connectivity index (χ1v) is 10.4. The molecule has 3 heterocycles. The number of hydrogen-bond donors (Lipinski definition) is 0. The average Bonchev–Trinajstić information content (AvgIpc) is 2.74. The maximum Gasteiger partial charge on any atom is 0.0900 e. The summed E-state index contributed by atoms with van der Waals surface area (Å²) in [5, 5.41) is 0. The Labute approximate surface area is 176 Å². The Balaban J connectivity index is 1.78. The van der Waals surface area contributed by atoms with Crippen LogP contribution in [-0.4, -0.2) is 19.7 Å². The van der Waals surface area contributed by atoms with E-state index < -0.39 is 0 Å². The molecule has 3 nitrogen and oxygen atoms in total. The van der Waals surface area contributed by atoms with Crippen LogP contribution in [0.3, 0.4) is 0 Å². The van der Waals surface area contributed by atoms with Crippen LogP contribution in [0.2, 0.25) is 0 Å². The van der Waals surface area contributed by atoms with E-state index in [1.165, 1.54) is 4.90 Å². The van der Waals surface area contributed by atoms with Gasteiger partial charge in [-0.1, -0.05) is 45.0 Å². The largest absolute Gasteiger partial charge is 0.255 e. The predicted molar refractivity (Wildman–Crippen MR) is 122 cm³/mol. The molecule has 0 atom stereocenters. The molecule has 0 aliphatic heterocycles. The van der Waals surface area contributed by atoms with Gasteiger partial charge in [-0.2, -0.15) is 0 Å². The monoisotopic (exact) mass is 397 g/mol. The Morgan fingerprint density at radius 2 is 1.17 bits per heavy atom. The third-order valence-electron chi connectivity index (χ3n) is 4.29. The standard InChI is InChI=1S/C25H23N3S/c1-25(2,3)29-20-12-10-18(11-13-20)19-16-23(21-8-4-6-14-26-21)28-24(17-19)22-9-5-7-15-27-22/h4-17H,1-3H3. The van der Waals surface area contributed by atoms with Gasteiger partial charge in [-0.05, 0) is 59.7 Å². The van der Waals surface area contributed by atoms with Gasteiger partial charge < -0.3 is 0 Å². The fourth-order valence-corrected chi connectivity index (χ4v) is 4.04. The number of benzene rings is 1. The number of pyridine rings is 3. The third-order valence-corrected chi connectivity index (χ3v) is 5.41. The first-order chi connectivity index (χ1) is 14.0. The van der Waals surface area contributed by atoms with Crippen LogP contribution in [0.5, 0.6) is 0 Å². The zero-order valence-corrected chi connectivity index (χ0v) is 17.6. The Morgan fingerprint density at radius 1 is 0.621 bits per heavy atom. The van der Waals surface area contributed by atoms with Gasteiger partial charge in [-0.15, -0.1) is 11.8 Å². The zero-order chi connectivity index (χ0) is 20.3. The fourth-order valence-electron chi connectivity index (χ4n) is 3.06. The van der Waals surface area contributed by atoms with Crippen LogP contribution in [0.4, 0.5) is 0 Å². The zero-order valence-electron chi connectivity index (χ0n) is 16.8. The summed E-state index contributed by atoms with van der Waals surface area (Å²) >= 11 is 1.87. The average molecular weight is 398 g/mol. The van der Waals surface area contributed by atoms with E-state index in [4.69, 9.17) is 4.98 Å². The minimum atomic E-state index is 0.191. The van der Waals surface area contributed by atoms with Crippen LogP contribution in [0.25, 0.3) is 33.9 Å². The number of hydrogen-bond acceptors (Lipinski definition) is 4. The summed E-state index contributed by atoms with van der Waals surface area (Å²) in [6, 6.07) is 24.7. The number of nitrogens with zero attached hydrogens (tertiary/aromatic N) is 3. The predicted octanol–water partition coefficient (Wildman–Crippen LogP) is 6.76. The number of rotatable bonds is 4. The molecule has 0 spiro atoms. The minimum absolute atomic E-state index is 0.191. The minimum Gasteiger partial charge on any atom is -0.255 e. The van der Waals surface area contributed by atoms with E-state index in [2.05, 4.69) is 67.1 Å². The van der Waals surface area contributed by atoms with Gasteiger partial charge in [0.1, 0.15) is 0 Å². The molecule has 29 heavy (non-hydrogen) atoms. The molecule has 0 fully saturated rings. The fraction of sp³-hybridized carbons (Fsp3) is 0.160. The van der Waals surface area contributed by atoms with Crippen molar-refractivity contribution in [3.8, 4) is 33.9 Å². The first-order valence-electron chi connectivity index (χ1n) is 9.62.